The number of carbonyl (C=O) groups excluding carboxylic acids is 1. The van der Waals surface area contributed by atoms with E-state index in [0.29, 0.717) is 11.5 Å². The molecule has 1 atom stereocenters. The zero-order chi connectivity index (χ0) is 13.1. The number of aliphatic hydroxyl groups excluding tert-OH is 1. The third kappa shape index (κ3) is 2.64. The normalized spacial score (nSPS) is 19.9. The molecule has 1 saturated heterocycles. The molecule has 1 fully saturated rings. The SMILES string of the molecule is CC(=O)c1ccc(N2CCCC(CO)C2)cc1O. The number of phenolic OH excluding ortho intramolecular Hbond substituents is 1. The first-order chi connectivity index (χ1) is 8.61. The van der Waals surface area contributed by atoms with Gasteiger partial charge in [-0.3, -0.25) is 4.79 Å². The van der Waals surface area contributed by atoms with Gasteiger partial charge >= 0.3 is 0 Å². The van der Waals surface area contributed by atoms with Crippen LogP contribution in [0.25, 0.3) is 0 Å². The molecule has 0 saturated carbocycles. The van der Waals surface area contributed by atoms with Gasteiger partial charge in [-0.1, -0.05) is 0 Å². The number of hydrogen-bond donors (Lipinski definition) is 2. The maximum Gasteiger partial charge on any atom is 0.163 e. The van der Waals surface area contributed by atoms with Crippen molar-refractivity contribution in [1.29, 1.82) is 0 Å². The molecule has 1 heterocycles. The molecule has 1 aromatic rings. The Morgan fingerprint density at radius 3 is 2.89 bits per heavy atom. The van der Waals surface area contributed by atoms with Crippen molar-refractivity contribution in [2.24, 2.45) is 5.92 Å². The summed E-state index contributed by atoms with van der Waals surface area (Å²) in [5.74, 6) is 0.199. The highest BCUT2D eigenvalue weighted by atomic mass is 16.3. The van der Waals surface area contributed by atoms with Crippen molar-refractivity contribution >= 4 is 11.5 Å². The lowest BCUT2D eigenvalue weighted by atomic mass is 9.98. The summed E-state index contributed by atoms with van der Waals surface area (Å²) in [7, 11) is 0. The molecule has 18 heavy (non-hydrogen) atoms. The van der Waals surface area contributed by atoms with Gasteiger partial charge in [-0.2, -0.15) is 0 Å². The fraction of sp³-hybridized carbons (Fsp3) is 0.500. The van der Waals surface area contributed by atoms with Crippen LogP contribution in [0.5, 0.6) is 5.75 Å². The van der Waals surface area contributed by atoms with Crippen LogP contribution >= 0.6 is 0 Å². The fourth-order valence-corrected chi connectivity index (χ4v) is 2.46. The van der Waals surface area contributed by atoms with Gasteiger partial charge in [0, 0.05) is 31.5 Å². The van der Waals surface area contributed by atoms with E-state index in [4.69, 9.17) is 0 Å². The van der Waals surface area contributed by atoms with Gasteiger partial charge in [-0.25, -0.2) is 0 Å². The molecular formula is C14H19NO3. The number of ketones is 1. The van der Waals surface area contributed by atoms with Gasteiger partial charge in [0.2, 0.25) is 0 Å². The van der Waals surface area contributed by atoms with E-state index in [1.165, 1.54) is 6.92 Å². The van der Waals surface area contributed by atoms with Gasteiger partial charge in [0.05, 0.1) is 5.56 Å². The standard InChI is InChI=1S/C14H19NO3/c1-10(17)13-5-4-12(7-14(13)18)15-6-2-3-11(8-15)9-16/h4-5,7,11,16,18H,2-3,6,8-9H2,1H3. The van der Waals surface area contributed by atoms with Crippen molar-refractivity contribution in [3.63, 3.8) is 0 Å². The summed E-state index contributed by atoms with van der Waals surface area (Å²) < 4.78 is 0. The molecule has 1 aliphatic rings. The van der Waals surface area contributed by atoms with Crippen LogP contribution in [0.2, 0.25) is 0 Å². The first kappa shape index (κ1) is 12.9. The number of anilines is 1. The maximum absolute atomic E-state index is 11.2. The van der Waals surface area contributed by atoms with Gasteiger partial charge in [0.15, 0.2) is 5.78 Å². The average Bonchev–Trinajstić information content (AvgIpc) is 2.38. The van der Waals surface area contributed by atoms with Gasteiger partial charge in [0.1, 0.15) is 5.75 Å². The van der Waals surface area contributed by atoms with Crippen LogP contribution in [0.15, 0.2) is 18.2 Å². The van der Waals surface area contributed by atoms with Gasteiger partial charge < -0.3 is 15.1 Å². The minimum atomic E-state index is -0.133. The predicted molar refractivity (Wildman–Crippen MR) is 70.1 cm³/mol. The molecule has 0 bridgehead atoms. The number of benzene rings is 1. The van der Waals surface area contributed by atoms with E-state index in [-0.39, 0.29) is 18.1 Å². The maximum atomic E-state index is 11.2. The number of hydrogen-bond acceptors (Lipinski definition) is 4. The monoisotopic (exact) mass is 249 g/mol. The second-order valence-electron chi connectivity index (χ2n) is 4.89. The summed E-state index contributed by atoms with van der Waals surface area (Å²) in [4.78, 5) is 13.4. The van der Waals surface area contributed by atoms with Crippen molar-refractivity contribution in [3.8, 4) is 5.75 Å². The summed E-state index contributed by atoms with van der Waals surface area (Å²) in [6.07, 6.45) is 2.09. The van der Waals surface area contributed by atoms with Crippen molar-refractivity contribution in [2.45, 2.75) is 19.8 Å². The summed E-state index contributed by atoms with van der Waals surface area (Å²) >= 11 is 0. The molecule has 98 valence electrons. The number of aromatic hydroxyl groups is 1. The van der Waals surface area contributed by atoms with Crippen molar-refractivity contribution in [1.82, 2.24) is 0 Å². The van der Waals surface area contributed by atoms with E-state index in [1.807, 2.05) is 6.07 Å². The number of piperidine rings is 1. The quantitative estimate of drug-likeness (QED) is 0.802. The fourth-order valence-electron chi connectivity index (χ4n) is 2.46. The Morgan fingerprint density at radius 2 is 2.28 bits per heavy atom. The molecular weight excluding hydrogens is 230 g/mol. The van der Waals surface area contributed by atoms with E-state index in [2.05, 4.69) is 4.90 Å². The van der Waals surface area contributed by atoms with Crippen LogP contribution in [0.1, 0.15) is 30.1 Å². The van der Waals surface area contributed by atoms with Crippen LogP contribution in [-0.2, 0) is 0 Å². The number of aliphatic hydroxyl groups is 1. The highest BCUT2D eigenvalue weighted by molar-refractivity contribution is 5.97. The van der Waals surface area contributed by atoms with Gasteiger partial charge in [0.25, 0.3) is 0 Å². The Hall–Kier alpha value is -1.55. The van der Waals surface area contributed by atoms with E-state index in [1.54, 1.807) is 12.1 Å². The second kappa shape index (κ2) is 5.40. The van der Waals surface area contributed by atoms with Crippen LogP contribution in [0, 0.1) is 5.92 Å². The minimum Gasteiger partial charge on any atom is -0.507 e. The van der Waals surface area contributed by atoms with Crippen LogP contribution in [0.3, 0.4) is 0 Å². The Bertz CT molecular complexity index is 445. The molecule has 0 amide bonds. The number of Topliss-reactive ketones (excluding diaryl/α,β-unsaturated/α-hetero) is 1. The molecule has 0 spiro atoms. The third-order valence-electron chi connectivity index (χ3n) is 3.50. The third-order valence-corrected chi connectivity index (χ3v) is 3.50. The van der Waals surface area contributed by atoms with Crippen molar-refractivity contribution in [3.05, 3.63) is 23.8 Å². The largest absolute Gasteiger partial charge is 0.507 e. The molecule has 4 nitrogen and oxygen atoms in total. The molecule has 1 aliphatic heterocycles. The minimum absolute atomic E-state index is 0.0334. The summed E-state index contributed by atoms with van der Waals surface area (Å²) in [5, 5.41) is 19.0. The summed E-state index contributed by atoms with van der Waals surface area (Å²) in [5.41, 5.74) is 1.27. The lowest BCUT2D eigenvalue weighted by molar-refractivity contribution is 0.101. The zero-order valence-corrected chi connectivity index (χ0v) is 10.6. The van der Waals surface area contributed by atoms with Crippen molar-refractivity contribution < 1.29 is 15.0 Å². The van der Waals surface area contributed by atoms with Crippen LogP contribution in [0.4, 0.5) is 5.69 Å². The van der Waals surface area contributed by atoms with Gasteiger partial charge in [-0.15, -0.1) is 0 Å². The van der Waals surface area contributed by atoms with Gasteiger partial charge in [-0.05, 0) is 37.8 Å². The zero-order valence-electron chi connectivity index (χ0n) is 10.6. The molecule has 4 heteroatoms. The van der Waals surface area contributed by atoms with E-state index in [9.17, 15) is 15.0 Å². The number of carbonyl (C=O) groups is 1. The van der Waals surface area contributed by atoms with E-state index >= 15 is 0 Å². The van der Waals surface area contributed by atoms with E-state index < -0.39 is 0 Å². The van der Waals surface area contributed by atoms with Crippen LogP contribution in [-0.4, -0.2) is 35.7 Å². The molecule has 0 radical (unpaired) electrons. The van der Waals surface area contributed by atoms with Crippen LogP contribution < -0.4 is 4.90 Å². The number of rotatable bonds is 3. The topological polar surface area (TPSA) is 60.8 Å². The summed E-state index contributed by atoms with van der Waals surface area (Å²) in [6, 6.07) is 5.16. The second-order valence-corrected chi connectivity index (χ2v) is 4.89. The Kier molecular flexibility index (Phi) is 3.87. The molecule has 2 rings (SSSR count). The molecule has 0 aromatic heterocycles. The lowest BCUT2D eigenvalue weighted by Crippen LogP contribution is -2.36. The summed E-state index contributed by atoms with van der Waals surface area (Å²) in [6.45, 7) is 3.37. The molecule has 2 N–H and O–H groups in total. The van der Waals surface area contributed by atoms with E-state index in [0.717, 1.165) is 31.6 Å². The highest BCUT2D eigenvalue weighted by Crippen LogP contribution is 2.28. The first-order valence-corrected chi connectivity index (χ1v) is 6.31. The Morgan fingerprint density at radius 1 is 1.50 bits per heavy atom. The van der Waals surface area contributed by atoms with Crippen molar-refractivity contribution in [2.75, 3.05) is 24.6 Å². The molecule has 1 aromatic carbocycles. The average molecular weight is 249 g/mol. The number of phenols is 1. The number of nitrogens with zero attached hydrogens (tertiary/aromatic N) is 1. The Labute approximate surface area is 107 Å². The first-order valence-electron chi connectivity index (χ1n) is 6.31. The lowest BCUT2D eigenvalue weighted by Gasteiger charge is -2.33. The Balaban J connectivity index is 2.18. The smallest absolute Gasteiger partial charge is 0.163 e. The highest BCUT2D eigenvalue weighted by Gasteiger charge is 2.20. The molecule has 1 unspecified atom stereocenters. The molecule has 0 aliphatic carbocycles. The predicted octanol–water partition coefficient (Wildman–Crippen LogP) is 1.80.